The topological polar surface area (TPSA) is 49.5 Å². The lowest BCUT2D eigenvalue weighted by atomic mass is 9.85. The number of rotatable bonds is 6. The van der Waals surface area contributed by atoms with Crippen molar-refractivity contribution in [3.05, 3.63) is 0 Å². The Hall–Kier alpha value is -0.120. The van der Waals surface area contributed by atoms with Crippen molar-refractivity contribution in [3.63, 3.8) is 0 Å². The third-order valence-electron chi connectivity index (χ3n) is 4.97. The lowest BCUT2D eigenvalue weighted by Crippen LogP contribution is -2.51. The van der Waals surface area contributed by atoms with Crippen LogP contribution in [0.25, 0.3) is 0 Å². The third kappa shape index (κ3) is 3.46. The first kappa shape index (κ1) is 14.3. The van der Waals surface area contributed by atoms with E-state index in [4.69, 9.17) is 10.8 Å². The fourth-order valence-electron chi connectivity index (χ4n) is 3.67. The lowest BCUT2D eigenvalue weighted by Gasteiger charge is -2.45. The van der Waals surface area contributed by atoms with E-state index >= 15 is 0 Å². The summed E-state index contributed by atoms with van der Waals surface area (Å²) in [6.45, 7) is 2.23. The maximum Gasteiger partial charge on any atom is 0.0443 e. The van der Waals surface area contributed by atoms with E-state index in [1.807, 2.05) is 0 Å². The highest BCUT2D eigenvalue weighted by atomic mass is 16.3. The van der Waals surface area contributed by atoms with Gasteiger partial charge in [0.15, 0.2) is 0 Å². The van der Waals surface area contributed by atoms with Crippen LogP contribution < -0.4 is 5.73 Å². The van der Waals surface area contributed by atoms with Crippen LogP contribution in [0.2, 0.25) is 0 Å². The first-order valence-corrected chi connectivity index (χ1v) is 7.93. The van der Waals surface area contributed by atoms with E-state index in [9.17, 15) is 0 Å². The van der Waals surface area contributed by atoms with Crippen LogP contribution in [0.1, 0.15) is 57.8 Å². The normalized spacial score (nSPS) is 30.2. The van der Waals surface area contributed by atoms with Gasteiger partial charge in [-0.25, -0.2) is 0 Å². The number of nitrogens with two attached hydrogens (primary N) is 1. The summed E-state index contributed by atoms with van der Waals surface area (Å²) in [6.07, 6.45) is 11.8. The zero-order valence-electron chi connectivity index (χ0n) is 11.7. The molecule has 0 spiro atoms. The molecule has 2 rings (SSSR count). The molecule has 3 heteroatoms. The van der Waals surface area contributed by atoms with Crippen LogP contribution in [0.5, 0.6) is 0 Å². The Morgan fingerprint density at radius 3 is 2.39 bits per heavy atom. The molecule has 2 aliphatic carbocycles. The maximum atomic E-state index is 9.11. The van der Waals surface area contributed by atoms with E-state index < -0.39 is 0 Å². The molecule has 0 aromatic heterocycles. The highest BCUT2D eigenvalue weighted by molar-refractivity contribution is 4.89. The third-order valence-corrected chi connectivity index (χ3v) is 4.97. The summed E-state index contributed by atoms with van der Waals surface area (Å²) in [5.74, 6) is 0.687. The summed E-state index contributed by atoms with van der Waals surface area (Å²) in [7, 11) is 0. The van der Waals surface area contributed by atoms with Crippen LogP contribution >= 0.6 is 0 Å². The van der Waals surface area contributed by atoms with Crippen LogP contribution in [0.3, 0.4) is 0 Å². The molecule has 0 radical (unpaired) electrons. The first-order valence-electron chi connectivity index (χ1n) is 7.93. The van der Waals surface area contributed by atoms with Gasteiger partial charge in [-0.05, 0) is 44.6 Å². The summed E-state index contributed by atoms with van der Waals surface area (Å²) < 4.78 is 0. The summed E-state index contributed by atoms with van der Waals surface area (Å²) in [4.78, 5) is 2.71. The second-order valence-corrected chi connectivity index (χ2v) is 6.10. The Labute approximate surface area is 112 Å². The van der Waals surface area contributed by atoms with E-state index in [0.29, 0.717) is 18.6 Å². The van der Waals surface area contributed by atoms with Crippen molar-refractivity contribution in [2.24, 2.45) is 11.7 Å². The molecule has 2 aliphatic rings. The lowest BCUT2D eigenvalue weighted by molar-refractivity contribution is 0.0411. The fourth-order valence-corrected chi connectivity index (χ4v) is 3.67. The molecule has 0 aliphatic heterocycles. The van der Waals surface area contributed by atoms with Gasteiger partial charge in [0.1, 0.15) is 0 Å². The molecule has 18 heavy (non-hydrogen) atoms. The van der Waals surface area contributed by atoms with E-state index in [-0.39, 0.29) is 0 Å². The largest absolute Gasteiger partial charge is 0.396 e. The van der Waals surface area contributed by atoms with Crippen LogP contribution in [0.15, 0.2) is 0 Å². The van der Waals surface area contributed by atoms with Gasteiger partial charge in [0.25, 0.3) is 0 Å². The second kappa shape index (κ2) is 7.46. The predicted molar refractivity (Wildman–Crippen MR) is 75.5 cm³/mol. The van der Waals surface area contributed by atoms with Crippen molar-refractivity contribution in [1.29, 1.82) is 0 Å². The minimum absolute atomic E-state index is 0.323. The molecule has 3 nitrogen and oxygen atoms in total. The van der Waals surface area contributed by atoms with Crippen LogP contribution in [-0.2, 0) is 0 Å². The summed E-state index contributed by atoms with van der Waals surface area (Å²) >= 11 is 0. The molecular formula is C15H30N2O. The monoisotopic (exact) mass is 254 g/mol. The standard InChI is InChI=1S/C15H30N2O/c16-12-13-6-2-1-3-9-15(13)17(10-5-11-18)14-7-4-8-14/h13-15,18H,1-12,16H2. The molecule has 0 bridgehead atoms. The minimum Gasteiger partial charge on any atom is -0.396 e. The van der Waals surface area contributed by atoms with Crippen molar-refractivity contribution < 1.29 is 5.11 Å². The zero-order valence-corrected chi connectivity index (χ0v) is 11.7. The number of aliphatic hydroxyl groups excluding tert-OH is 1. The smallest absolute Gasteiger partial charge is 0.0443 e. The quantitative estimate of drug-likeness (QED) is 0.714. The van der Waals surface area contributed by atoms with E-state index in [1.54, 1.807) is 0 Å². The van der Waals surface area contributed by atoms with Gasteiger partial charge in [-0.2, -0.15) is 0 Å². The average Bonchev–Trinajstić information content (AvgIpc) is 2.56. The summed E-state index contributed by atoms with van der Waals surface area (Å²) in [5.41, 5.74) is 6.01. The van der Waals surface area contributed by atoms with Gasteiger partial charge in [0, 0.05) is 25.2 Å². The Balaban J connectivity index is 2.00. The van der Waals surface area contributed by atoms with E-state index in [0.717, 1.165) is 25.6 Å². The predicted octanol–water partition coefficient (Wildman–Crippen LogP) is 2.13. The maximum absolute atomic E-state index is 9.11. The number of hydrogen-bond acceptors (Lipinski definition) is 3. The fraction of sp³-hybridized carbons (Fsp3) is 1.00. The molecule has 0 aromatic rings. The van der Waals surface area contributed by atoms with Gasteiger partial charge in [-0.15, -0.1) is 0 Å². The van der Waals surface area contributed by atoms with Crippen molar-refractivity contribution >= 4 is 0 Å². The van der Waals surface area contributed by atoms with Crippen LogP contribution in [0.4, 0.5) is 0 Å². The number of aliphatic hydroxyl groups is 1. The molecule has 0 heterocycles. The Morgan fingerprint density at radius 2 is 1.78 bits per heavy atom. The van der Waals surface area contributed by atoms with Gasteiger partial charge in [-0.1, -0.05) is 25.7 Å². The number of hydrogen-bond donors (Lipinski definition) is 2. The molecule has 2 saturated carbocycles. The highest BCUT2D eigenvalue weighted by Crippen LogP contribution is 2.33. The first-order chi connectivity index (χ1) is 8.86. The highest BCUT2D eigenvalue weighted by Gasteiger charge is 2.34. The molecule has 2 unspecified atom stereocenters. The summed E-state index contributed by atoms with van der Waals surface area (Å²) in [6, 6.07) is 1.48. The van der Waals surface area contributed by atoms with Crippen molar-refractivity contribution in [2.45, 2.75) is 69.9 Å². The van der Waals surface area contributed by atoms with E-state index in [2.05, 4.69) is 4.90 Å². The second-order valence-electron chi connectivity index (χ2n) is 6.10. The van der Waals surface area contributed by atoms with Gasteiger partial charge in [-0.3, -0.25) is 4.90 Å². The minimum atomic E-state index is 0.323. The molecule has 2 atom stereocenters. The molecular weight excluding hydrogens is 224 g/mol. The molecule has 106 valence electrons. The Morgan fingerprint density at radius 1 is 1.00 bits per heavy atom. The van der Waals surface area contributed by atoms with Crippen molar-refractivity contribution in [1.82, 2.24) is 4.90 Å². The molecule has 3 N–H and O–H groups in total. The van der Waals surface area contributed by atoms with Gasteiger partial charge in [0.2, 0.25) is 0 Å². The van der Waals surface area contributed by atoms with Gasteiger partial charge < -0.3 is 10.8 Å². The van der Waals surface area contributed by atoms with Crippen LogP contribution in [0, 0.1) is 5.92 Å². The molecule has 2 fully saturated rings. The zero-order chi connectivity index (χ0) is 12.8. The van der Waals surface area contributed by atoms with Crippen molar-refractivity contribution in [2.75, 3.05) is 19.7 Å². The van der Waals surface area contributed by atoms with Crippen molar-refractivity contribution in [3.8, 4) is 0 Å². The van der Waals surface area contributed by atoms with Crippen LogP contribution in [-0.4, -0.2) is 41.8 Å². The van der Waals surface area contributed by atoms with Gasteiger partial charge >= 0.3 is 0 Å². The molecule has 0 aromatic carbocycles. The Bertz CT molecular complexity index is 231. The van der Waals surface area contributed by atoms with Gasteiger partial charge in [0.05, 0.1) is 0 Å². The average molecular weight is 254 g/mol. The molecule has 0 saturated heterocycles. The number of nitrogens with zero attached hydrogens (tertiary/aromatic N) is 1. The Kier molecular flexibility index (Phi) is 5.93. The molecule has 0 amide bonds. The summed E-state index contributed by atoms with van der Waals surface area (Å²) in [5, 5.41) is 9.11. The van der Waals surface area contributed by atoms with E-state index in [1.165, 1.54) is 51.4 Å². The SMILES string of the molecule is NCC1CCCCCC1N(CCCO)C1CCC1.